The average molecular weight is 435 g/mol. The van der Waals surface area contributed by atoms with E-state index in [1.807, 2.05) is 43.3 Å². The number of amides is 2. The van der Waals surface area contributed by atoms with Gasteiger partial charge >= 0.3 is 6.03 Å². The van der Waals surface area contributed by atoms with Gasteiger partial charge in [-0.15, -0.1) is 5.10 Å². The van der Waals surface area contributed by atoms with Crippen LogP contribution in [0.25, 0.3) is 0 Å². The molecule has 7 heteroatoms. The molecule has 4 N–H and O–H groups in total. The SMILES string of the molecule is CC(N)=N/N=C(/C)c1ccc(NC(=O)Nc2ccc(I)cc2)cc1. The second-order valence-electron chi connectivity index (χ2n) is 5.09. The number of hydrogen-bond acceptors (Lipinski definition) is 3. The molecule has 0 aromatic heterocycles. The minimum absolute atomic E-state index is 0.294. The molecule has 2 aromatic rings. The van der Waals surface area contributed by atoms with Gasteiger partial charge in [-0.25, -0.2) is 4.79 Å². The Bertz CT molecular complexity index is 763. The van der Waals surface area contributed by atoms with Crippen LogP contribution in [0.4, 0.5) is 16.2 Å². The molecular weight excluding hydrogens is 417 g/mol. The second kappa shape index (κ2) is 8.44. The lowest BCUT2D eigenvalue weighted by Crippen LogP contribution is -2.19. The normalized spacial score (nSPS) is 12.0. The van der Waals surface area contributed by atoms with Crippen LogP contribution in [0.2, 0.25) is 0 Å². The van der Waals surface area contributed by atoms with Gasteiger partial charge in [0.25, 0.3) is 0 Å². The summed E-state index contributed by atoms with van der Waals surface area (Å²) in [6.45, 7) is 3.52. The lowest BCUT2D eigenvalue weighted by molar-refractivity contribution is 0.262. The summed E-state index contributed by atoms with van der Waals surface area (Å²) in [6, 6.07) is 14.6. The van der Waals surface area contributed by atoms with E-state index in [2.05, 4.69) is 43.4 Å². The molecule has 0 spiro atoms. The van der Waals surface area contributed by atoms with Crippen LogP contribution in [-0.4, -0.2) is 17.6 Å². The first-order valence-electron chi connectivity index (χ1n) is 7.22. The van der Waals surface area contributed by atoms with Gasteiger partial charge in [-0.3, -0.25) is 0 Å². The monoisotopic (exact) mass is 435 g/mol. The first-order chi connectivity index (χ1) is 11.4. The Morgan fingerprint density at radius 3 is 1.92 bits per heavy atom. The first kappa shape index (κ1) is 17.9. The highest BCUT2D eigenvalue weighted by atomic mass is 127. The number of anilines is 2. The van der Waals surface area contributed by atoms with E-state index >= 15 is 0 Å². The minimum Gasteiger partial charge on any atom is -0.386 e. The molecule has 6 nitrogen and oxygen atoms in total. The van der Waals surface area contributed by atoms with Crippen LogP contribution in [0, 0.1) is 3.57 Å². The summed E-state index contributed by atoms with van der Waals surface area (Å²) in [5.74, 6) is 0.403. The van der Waals surface area contributed by atoms with Crippen molar-refractivity contribution < 1.29 is 4.79 Å². The largest absolute Gasteiger partial charge is 0.386 e. The van der Waals surface area contributed by atoms with Crippen LogP contribution in [0.1, 0.15) is 19.4 Å². The van der Waals surface area contributed by atoms with Crippen molar-refractivity contribution in [2.24, 2.45) is 15.9 Å². The van der Waals surface area contributed by atoms with Gasteiger partial charge in [-0.1, -0.05) is 12.1 Å². The Kier molecular flexibility index (Phi) is 6.30. The number of nitrogens with two attached hydrogens (primary N) is 1. The van der Waals surface area contributed by atoms with Crippen molar-refractivity contribution in [3.63, 3.8) is 0 Å². The fourth-order valence-corrected chi connectivity index (χ4v) is 2.19. The van der Waals surface area contributed by atoms with Crippen LogP contribution >= 0.6 is 22.6 Å². The third-order valence-corrected chi connectivity index (χ3v) is 3.74. The predicted octanol–water partition coefficient (Wildman–Crippen LogP) is 4.04. The molecule has 0 bridgehead atoms. The molecule has 0 saturated heterocycles. The molecule has 0 aliphatic heterocycles. The summed E-state index contributed by atoms with van der Waals surface area (Å²) >= 11 is 2.21. The van der Waals surface area contributed by atoms with E-state index in [0.29, 0.717) is 11.5 Å². The highest BCUT2D eigenvalue weighted by molar-refractivity contribution is 14.1. The molecule has 24 heavy (non-hydrogen) atoms. The summed E-state index contributed by atoms with van der Waals surface area (Å²) < 4.78 is 1.11. The van der Waals surface area contributed by atoms with Gasteiger partial charge in [0.05, 0.1) is 5.71 Å². The van der Waals surface area contributed by atoms with Gasteiger partial charge in [0, 0.05) is 14.9 Å². The summed E-state index contributed by atoms with van der Waals surface area (Å²) in [5, 5.41) is 13.4. The van der Waals surface area contributed by atoms with Crippen LogP contribution in [0.3, 0.4) is 0 Å². The number of rotatable bonds is 4. The zero-order valence-electron chi connectivity index (χ0n) is 13.4. The third-order valence-electron chi connectivity index (χ3n) is 3.02. The van der Waals surface area contributed by atoms with Crippen molar-refractivity contribution in [1.82, 2.24) is 0 Å². The van der Waals surface area contributed by atoms with Crippen molar-refractivity contribution >= 4 is 51.5 Å². The molecule has 0 aliphatic rings. The van der Waals surface area contributed by atoms with Crippen LogP contribution in [0.5, 0.6) is 0 Å². The summed E-state index contributed by atoms with van der Waals surface area (Å²) in [4.78, 5) is 12.0. The smallest absolute Gasteiger partial charge is 0.323 e. The lowest BCUT2D eigenvalue weighted by Gasteiger charge is -2.08. The van der Waals surface area contributed by atoms with Crippen molar-refractivity contribution in [2.45, 2.75) is 13.8 Å². The van der Waals surface area contributed by atoms with Gasteiger partial charge in [0.15, 0.2) is 0 Å². The fraction of sp³-hybridized carbons (Fsp3) is 0.118. The average Bonchev–Trinajstić information content (AvgIpc) is 2.55. The molecule has 2 aromatic carbocycles. The number of urea groups is 1. The number of benzene rings is 2. The third kappa shape index (κ3) is 5.65. The molecule has 0 heterocycles. The van der Waals surface area contributed by atoms with E-state index in [4.69, 9.17) is 5.73 Å². The van der Waals surface area contributed by atoms with Crippen LogP contribution < -0.4 is 16.4 Å². The number of halogens is 1. The summed E-state index contributed by atoms with van der Waals surface area (Å²) in [7, 11) is 0. The topological polar surface area (TPSA) is 91.9 Å². The molecule has 0 saturated carbocycles. The van der Waals surface area contributed by atoms with Crippen LogP contribution in [-0.2, 0) is 0 Å². The highest BCUT2D eigenvalue weighted by Crippen LogP contribution is 2.13. The van der Waals surface area contributed by atoms with E-state index in [9.17, 15) is 4.79 Å². The van der Waals surface area contributed by atoms with Crippen molar-refractivity contribution in [3.05, 3.63) is 57.7 Å². The molecule has 0 radical (unpaired) electrons. The summed E-state index contributed by atoms with van der Waals surface area (Å²) in [5.41, 5.74) is 8.53. The first-order valence-corrected chi connectivity index (χ1v) is 8.30. The van der Waals surface area contributed by atoms with Gasteiger partial charge in [-0.05, 0) is 78.4 Å². The van der Waals surface area contributed by atoms with Gasteiger partial charge < -0.3 is 16.4 Å². The lowest BCUT2D eigenvalue weighted by atomic mass is 10.1. The number of hydrogen-bond donors (Lipinski definition) is 3. The van der Waals surface area contributed by atoms with Gasteiger partial charge in [0.1, 0.15) is 5.84 Å². The maximum Gasteiger partial charge on any atom is 0.323 e. The number of amidine groups is 1. The Balaban J connectivity index is 1.98. The second-order valence-corrected chi connectivity index (χ2v) is 6.34. The molecule has 0 fully saturated rings. The summed E-state index contributed by atoms with van der Waals surface area (Å²) in [6.07, 6.45) is 0. The molecule has 2 amide bonds. The molecule has 0 unspecified atom stereocenters. The molecule has 0 atom stereocenters. The fourth-order valence-electron chi connectivity index (χ4n) is 1.83. The van der Waals surface area contributed by atoms with Crippen molar-refractivity contribution in [2.75, 3.05) is 10.6 Å². The van der Waals surface area contributed by atoms with Crippen molar-refractivity contribution in [3.8, 4) is 0 Å². The Hall–Kier alpha value is -2.42. The molecule has 124 valence electrons. The minimum atomic E-state index is -0.294. The maximum atomic E-state index is 12.0. The quantitative estimate of drug-likeness (QED) is 0.293. The van der Waals surface area contributed by atoms with Crippen molar-refractivity contribution in [1.29, 1.82) is 0 Å². The molecular formula is C17H18IN5O. The Labute approximate surface area is 154 Å². The maximum absolute atomic E-state index is 12.0. The zero-order valence-corrected chi connectivity index (χ0v) is 15.5. The highest BCUT2D eigenvalue weighted by Gasteiger charge is 2.04. The van der Waals surface area contributed by atoms with E-state index < -0.39 is 0 Å². The molecule has 0 aliphatic carbocycles. The predicted molar refractivity (Wildman–Crippen MR) is 108 cm³/mol. The number of carbonyl (C=O) groups excluding carboxylic acids is 1. The Morgan fingerprint density at radius 1 is 0.917 bits per heavy atom. The number of nitrogens with zero attached hydrogens (tertiary/aromatic N) is 2. The number of nitrogens with one attached hydrogen (secondary N) is 2. The van der Waals surface area contributed by atoms with Gasteiger partial charge in [-0.2, -0.15) is 5.10 Å². The molecule has 2 rings (SSSR count). The van der Waals surface area contributed by atoms with Crippen LogP contribution in [0.15, 0.2) is 58.7 Å². The van der Waals surface area contributed by atoms with E-state index in [1.54, 1.807) is 19.1 Å². The van der Waals surface area contributed by atoms with Gasteiger partial charge in [0.2, 0.25) is 0 Å². The van der Waals surface area contributed by atoms with E-state index in [1.165, 1.54) is 0 Å². The standard InChI is InChI=1S/C17H18IN5O/c1-11(22-23-12(2)19)13-3-7-15(8-4-13)20-17(24)21-16-9-5-14(18)6-10-16/h3-10H,1-2H3,(H2,19,23)(H2,20,21,24)/b22-11-. The Morgan fingerprint density at radius 2 is 1.42 bits per heavy atom. The number of carbonyl (C=O) groups is 1. The van der Waals surface area contributed by atoms with E-state index in [-0.39, 0.29) is 6.03 Å². The van der Waals surface area contributed by atoms with E-state index in [0.717, 1.165) is 20.5 Å². The zero-order chi connectivity index (χ0) is 17.5.